The van der Waals surface area contributed by atoms with Crippen molar-refractivity contribution in [3.63, 3.8) is 0 Å². The minimum Gasteiger partial charge on any atom is -0.289 e. The van der Waals surface area contributed by atoms with Crippen LogP contribution in [0.15, 0.2) is 0 Å². The van der Waals surface area contributed by atoms with Gasteiger partial charge < -0.3 is 0 Å². The van der Waals surface area contributed by atoms with Gasteiger partial charge in [-0.2, -0.15) is 0 Å². The Balaban J connectivity index is 0. The molecule has 0 aromatic carbocycles. The Kier molecular flexibility index (Phi) is 76.1. The predicted octanol–water partition coefficient (Wildman–Crippen LogP) is 1.05. The number of rotatable bonds is 0. The summed E-state index contributed by atoms with van der Waals surface area (Å²) in [6.07, 6.45) is 0. The first-order valence-corrected chi connectivity index (χ1v) is 0.814. The molecule has 0 unspecified atom stereocenters. The molecule has 0 atom stereocenters. The van der Waals surface area contributed by atoms with Crippen LogP contribution < -0.4 is 0 Å². The number of alkyl halides is 1. The summed E-state index contributed by atoms with van der Waals surface area (Å²) in [5.41, 5.74) is 0. The Bertz CT molecular complexity index is 6.85. The fraction of sp³-hybridized carbons (Fsp3) is 1.00. The van der Waals surface area contributed by atoms with E-state index in [0.29, 0.717) is 7.18 Å². The van der Waals surface area contributed by atoms with Crippen LogP contribution in [0.4, 0.5) is 13.0 Å². The average molecular weight is 82.8 g/mol. The predicted molar refractivity (Wildman–Crippen MR) is 15.0 cm³/mol. The van der Waals surface area contributed by atoms with E-state index in [2.05, 4.69) is 0 Å². The van der Waals surface area contributed by atoms with Crippen molar-refractivity contribution in [3.8, 4) is 0 Å². The summed E-state index contributed by atoms with van der Waals surface area (Å²) >= 11 is 0. The highest BCUT2D eigenvalue weighted by Crippen LogP contribution is 1.49. The molecule has 31 valence electrons. The van der Waals surface area contributed by atoms with Gasteiger partial charge in [-0.05, 0) is 0 Å². The van der Waals surface area contributed by atoms with E-state index in [4.69, 9.17) is 0 Å². The molecule has 0 N–H and O–H groups in total. The van der Waals surface area contributed by atoms with Crippen molar-refractivity contribution >= 4 is 7.83 Å². The Morgan fingerprint density at radius 3 is 1.20 bits per heavy atom. The van der Waals surface area contributed by atoms with Crippen molar-refractivity contribution in [1.29, 1.82) is 0 Å². The standard InChI is InChI=1S/CH3F.BF2/c1-2;2-1-3/h1H3;. The van der Waals surface area contributed by atoms with Crippen LogP contribution in [-0.4, -0.2) is 15.0 Å². The first-order chi connectivity index (χ1) is 2.41. The van der Waals surface area contributed by atoms with Crippen molar-refractivity contribution < 1.29 is 13.0 Å². The van der Waals surface area contributed by atoms with E-state index >= 15 is 0 Å². The molecule has 0 aliphatic carbocycles. The monoisotopic (exact) mass is 83.0 g/mol. The maximum atomic E-state index is 9.50. The summed E-state index contributed by atoms with van der Waals surface area (Å²) in [5, 5.41) is 0. The van der Waals surface area contributed by atoms with Gasteiger partial charge in [-0.1, -0.05) is 0 Å². The zero-order valence-electron chi connectivity index (χ0n) is 2.71. The molecule has 0 amide bonds. The molecule has 0 nitrogen and oxygen atoms in total. The second kappa shape index (κ2) is 43.0. The fourth-order valence-electron chi connectivity index (χ4n) is 0. The van der Waals surface area contributed by atoms with Crippen LogP contribution >= 0.6 is 0 Å². The van der Waals surface area contributed by atoms with Crippen LogP contribution in [-0.2, 0) is 0 Å². The topological polar surface area (TPSA) is 0 Å². The van der Waals surface area contributed by atoms with Gasteiger partial charge in [0.25, 0.3) is 0 Å². The summed E-state index contributed by atoms with van der Waals surface area (Å²) in [5.74, 6) is 0. The van der Waals surface area contributed by atoms with Crippen molar-refractivity contribution in [1.82, 2.24) is 0 Å². The molecule has 0 heterocycles. The second-order valence-electron chi connectivity index (χ2n) is 0.0825. The molecule has 0 aromatic rings. The third kappa shape index (κ3) is 630. The van der Waals surface area contributed by atoms with E-state index in [0.717, 1.165) is 0 Å². The molecule has 0 saturated heterocycles. The van der Waals surface area contributed by atoms with Gasteiger partial charge in [-0.15, -0.1) is 0 Å². The van der Waals surface area contributed by atoms with Crippen molar-refractivity contribution in [2.45, 2.75) is 0 Å². The molecular formula is CH3BF3. The third-order valence-electron chi connectivity index (χ3n) is 0. The maximum Gasteiger partial charge on any atom is 0.577 e. The molecule has 5 heavy (non-hydrogen) atoms. The summed E-state index contributed by atoms with van der Waals surface area (Å²) in [6.45, 7) is 0. The lowest BCUT2D eigenvalue weighted by Gasteiger charge is -1.33. The van der Waals surface area contributed by atoms with Crippen LogP contribution in [0, 0.1) is 0 Å². The lowest BCUT2D eigenvalue weighted by atomic mass is 10.6. The molecule has 0 rings (SSSR count). The molecule has 0 aromatic heterocycles. The highest BCUT2D eigenvalue weighted by molar-refractivity contribution is 6.15. The highest BCUT2D eigenvalue weighted by atomic mass is 19.2. The van der Waals surface area contributed by atoms with Crippen LogP contribution in [0.2, 0.25) is 0 Å². The summed E-state index contributed by atoms with van der Waals surface area (Å²) in [6, 6.07) is 0. The molecule has 0 aliphatic heterocycles. The van der Waals surface area contributed by atoms with Crippen molar-refractivity contribution in [2.24, 2.45) is 0 Å². The van der Waals surface area contributed by atoms with Gasteiger partial charge in [0.2, 0.25) is 0 Å². The third-order valence-corrected chi connectivity index (χ3v) is 0. The van der Waals surface area contributed by atoms with Crippen molar-refractivity contribution in [3.05, 3.63) is 0 Å². The Morgan fingerprint density at radius 1 is 1.20 bits per heavy atom. The van der Waals surface area contributed by atoms with Crippen LogP contribution in [0.25, 0.3) is 0 Å². The molecule has 0 aliphatic rings. The molecule has 1 radical (unpaired) electrons. The van der Waals surface area contributed by atoms with Gasteiger partial charge in [0.1, 0.15) is 0 Å². The fourth-order valence-corrected chi connectivity index (χ4v) is 0. The van der Waals surface area contributed by atoms with Crippen molar-refractivity contribution in [2.75, 3.05) is 7.18 Å². The van der Waals surface area contributed by atoms with E-state index in [1.54, 1.807) is 0 Å². The van der Waals surface area contributed by atoms with E-state index < -0.39 is 7.83 Å². The first-order valence-electron chi connectivity index (χ1n) is 0.814. The smallest absolute Gasteiger partial charge is 0.289 e. The Morgan fingerprint density at radius 2 is 1.20 bits per heavy atom. The molecule has 0 spiro atoms. The number of hydrogen-bond donors (Lipinski definition) is 0. The summed E-state index contributed by atoms with van der Waals surface area (Å²) < 4.78 is 28.5. The second-order valence-corrected chi connectivity index (χ2v) is 0.0825. The average Bonchev–Trinajstić information content (AvgIpc) is 1.46. The summed E-state index contributed by atoms with van der Waals surface area (Å²) in [7, 11) is -0.500. The zero-order chi connectivity index (χ0) is 4.71. The van der Waals surface area contributed by atoms with Gasteiger partial charge in [0.15, 0.2) is 0 Å². The largest absolute Gasteiger partial charge is 0.577 e. The minimum atomic E-state index is -1.00. The Hall–Kier alpha value is -0.145. The van der Waals surface area contributed by atoms with E-state index in [-0.39, 0.29) is 0 Å². The number of hydrogen-bond acceptors (Lipinski definition) is 0. The van der Waals surface area contributed by atoms with E-state index in [1.807, 2.05) is 0 Å². The van der Waals surface area contributed by atoms with Gasteiger partial charge in [0.05, 0.1) is 7.18 Å². The lowest BCUT2D eigenvalue weighted by molar-refractivity contribution is 0.636. The summed E-state index contributed by atoms with van der Waals surface area (Å²) in [4.78, 5) is 0. The molecule has 0 bridgehead atoms. The normalized spacial score (nSPS) is 4.00. The van der Waals surface area contributed by atoms with Gasteiger partial charge >= 0.3 is 7.83 Å². The maximum absolute atomic E-state index is 9.50. The molecule has 4 heteroatoms. The zero-order valence-corrected chi connectivity index (χ0v) is 2.71. The SMILES string of the molecule is CF.F[B]F. The van der Waals surface area contributed by atoms with Crippen LogP contribution in [0.1, 0.15) is 0 Å². The van der Waals surface area contributed by atoms with Crippen LogP contribution in [0.5, 0.6) is 0 Å². The highest BCUT2D eigenvalue weighted by Gasteiger charge is 1.62. The van der Waals surface area contributed by atoms with E-state index in [1.165, 1.54) is 0 Å². The first kappa shape index (κ1) is 8.85. The van der Waals surface area contributed by atoms with Gasteiger partial charge in [-0.25, -0.2) is 0 Å². The van der Waals surface area contributed by atoms with Crippen LogP contribution in [0.3, 0.4) is 0 Å². The molecular weight excluding hydrogens is 79.8 g/mol. The molecule has 0 saturated carbocycles. The quantitative estimate of drug-likeness (QED) is 0.384. The Labute approximate surface area is 29.3 Å². The lowest BCUT2D eigenvalue weighted by Crippen LogP contribution is -1.45. The molecule has 0 fully saturated rings. The number of halogens is 3. The van der Waals surface area contributed by atoms with Gasteiger partial charge in [-0.3, -0.25) is 13.0 Å². The van der Waals surface area contributed by atoms with E-state index in [9.17, 15) is 13.0 Å². The van der Waals surface area contributed by atoms with Gasteiger partial charge in [0, 0.05) is 0 Å². The minimum absolute atomic E-state index is 0.500.